The smallest absolute Gasteiger partial charge is 0.269 e. The van der Waals surface area contributed by atoms with Gasteiger partial charge >= 0.3 is 0 Å². The summed E-state index contributed by atoms with van der Waals surface area (Å²) in [6, 6.07) is 11.9. The van der Waals surface area contributed by atoms with Gasteiger partial charge in [-0.2, -0.15) is 0 Å². The van der Waals surface area contributed by atoms with Gasteiger partial charge in [0, 0.05) is 24.9 Å². The monoisotopic (exact) mass is 437 g/mol. The lowest BCUT2D eigenvalue weighted by Gasteiger charge is -2.36. The summed E-state index contributed by atoms with van der Waals surface area (Å²) in [5, 5.41) is 0. The molecule has 2 aromatic carbocycles. The van der Waals surface area contributed by atoms with Crippen LogP contribution in [0.4, 0.5) is 0 Å². The molecule has 0 bridgehead atoms. The highest BCUT2D eigenvalue weighted by atomic mass is 16.6. The van der Waals surface area contributed by atoms with Crippen molar-refractivity contribution in [3.8, 4) is 11.5 Å². The third-order valence-corrected chi connectivity index (χ3v) is 5.56. The quantitative estimate of drug-likeness (QED) is 0.715. The summed E-state index contributed by atoms with van der Waals surface area (Å²) in [5.74, 6) is 0.266. The molecule has 0 fully saturated rings. The van der Waals surface area contributed by atoms with Crippen LogP contribution in [0, 0.1) is 5.92 Å². The van der Waals surface area contributed by atoms with Crippen molar-refractivity contribution in [1.82, 2.24) is 15.8 Å². The van der Waals surface area contributed by atoms with E-state index in [-0.39, 0.29) is 11.8 Å². The normalized spacial score (nSPS) is 16.8. The lowest BCUT2D eigenvalue weighted by Crippen LogP contribution is -2.56. The van der Waals surface area contributed by atoms with Gasteiger partial charge in [-0.3, -0.25) is 25.2 Å². The molecule has 3 amide bonds. The van der Waals surface area contributed by atoms with Crippen LogP contribution < -0.4 is 20.3 Å². The van der Waals surface area contributed by atoms with Crippen molar-refractivity contribution in [3.63, 3.8) is 0 Å². The standard InChI is InChI=1S/C24H27N3O5/c1-15(2)11-22(28)27-14-18-6-4-3-5-16(18)12-19(27)24(30)26-25-23(29)17-7-8-20-21(13-17)32-10-9-31-20/h3-8,13,15,19H,9-12,14H2,1-2H3,(H,25,29)(H,26,30). The molecule has 0 spiro atoms. The summed E-state index contributed by atoms with van der Waals surface area (Å²) >= 11 is 0. The Labute approximate surface area is 186 Å². The number of amides is 3. The Morgan fingerprint density at radius 2 is 1.72 bits per heavy atom. The van der Waals surface area contributed by atoms with Crippen LogP contribution in [0.2, 0.25) is 0 Å². The van der Waals surface area contributed by atoms with Gasteiger partial charge in [0.25, 0.3) is 11.8 Å². The van der Waals surface area contributed by atoms with E-state index < -0.39 is 17.9 Å². The topological polar surface area (TPSA) is 97.0 Å². The van der Waals surface area contributed by atoms with E-state index in [4.69, 9.17) is 9.47 Å². The van der Waals surface area contributed by atoms with Crippen molar-refractivity contribution in [1.29, 1.82) is 0 Å². The number of ether oxygens (including phenoxy) is 2. The molecular weight excluding hydrogens is 410 g/mol. The first-order chi connectivity index (χ1) is 15.4. The SMILES string of the molecule is CC(C)CC(=O)N1Cc2ccccc2CC1C(=O)NNC(=O)c1ccc2c(c1)OCCO2. The van der Waals surface area contributed by atoms with Gasteiger partial charge in [-0.1, -0.05) is 38.1 Å². The molecule has 1 unspecified atom stereocenters. The molecule has 2 N–H and O–H groups in total. The van der Waals surface area contributed by atoms with Gasteiger partial charge in [-0.05, 0) is 35.2 Å². The van der Waals surface area contributed by atoms with Crippen molar-refractivity contribution < 1.29 is 23.9 Å². The third kappa shape index (κ3) is 4.69. The Balaban J connectivity index is 1.45. The van der Waals surface area contributed by atoms with Crippen LogP contribution in [0.3, 0.4) is 0 Å². The average Bonchev–Trinajstić information content (AvgIpc) is 2.80. The molecule has 8 heteroatoms. The Kier molecular flexibility index (Phi) is 6.30. The van der Waals surface area contributed by atoms with E-state index in [0.717, 1.165) is 11.1 Å². The number of benzene rings is 2. The van der Waals surface area contributed by atoms with E-state index in [1.165, 1.54) is 0 Å². The molecule has 0 radical (unpaired) electrons. The second-order valence-electron chi connectivity index (χ2n) is 8.41. The van der Waals surface area contributed by atoms with Crippen molar-refractivity contribution in [3.05, 3.63) is 59.2 Å². The fraction of sp³-hybridized carbons (Fsp3) is 0.375. The number of nitrogens with zero attached hydrogens (tertiary/aromatic N) is 1. The van der Waals surface area contributed by atoms with Crippen LogP contribution in [-0.2, 0) is 22.6 Å². The average molecular weight is 437 g/mol. The maximum atomic E-state index is 13.0. The Morgan fingerprint density at radius 1 is 1.00 bits per heavy atom. The summed E-state index contributed by atoms with van der Waals surface area (Å²) in [4.78, 5) is 40.1. The summed E-state index contributed by atoms with van der Waals surface area (Å²) < 4.78 is 11.0. The van der Waals surface area contributed by atoms with Crippen LogP contribution in [0.25, 0.3) is 0 Å². The van der Waals surface area contributed by atoms with Crippen molar-refractivity contribution in [2.45, 2.75) is 39.3 Å². The highest BCUT2D eigenvalue weighted by molar-refractivity contribution is 5.97. The first-order valence-electron chi connectivity index (χ1n) is 10.8. The van der Waals surface area contributed by atoms with Gasteiger partial charge in [0.15, 0.2) is 11.5 Å². The Hall–Kier alpha value is -3.55. The maximum Gasteiger partial charge on any atom is 0.269 e. The highest BCUT2D eigenvalue weighted by Gasteiger charge is 2.34. The number of fused-ring (bicyclic) bond motifs is 2. The second kappa shape index (κ2) is 9.30. The summed E-state index contributed by atoms with van der Waals surface area (Å²) in [6.07, 6.45) is 0.751. The summed E-state index contributed by atoms with van der Waals surface area (Å²) in [5.41, 5.74) is 7.34. The highest BCUT2D eigenvalue weighted by Crippen LogP contribution is 2.30. The number of nitrogens with one attached hydrogen (secondary N) is 2. The van der Waals surface area contributed by atoms with Crippen molar-refractivity contribution in [2.75, 3.05) is 13.2 Å². The van der Waals surface area contributed by atoms with E-state index in [0.29, 0.717) is 49.7 Å². The summed E-state index contributed by atoms with van der Waals surface area (Å²) in [7, 11) is 0. The third-order valence-electron chi connectivity index (χ3n) is 5.56. The van der Waals surface area contributed by atoms with Crippen LogP contribution in [0.15, 0.2) is 42.5 Å². The number of carbonyl (C=O) groups is 3. The van der Waals surface area contributed by atoms with E-state index in [1.807, 2.05) is 38.1 Å². The summed E-state index contributed by atoms with van der Waals surface area (Å²) in [6.45, 7) is 5.19. The number of hydrogen-bond acceptors (Lipinski definition) is 5. The van der Waals surface area contributed by atoms with Gasteiger partial charge in [0.1, 0.15) is 19.3 Å². The molecule has 8 nitrogen and oxygen atoms in total. The molecule has 2 heterocycles. The minimum absolute atomic E-state index is 0.0761. The Morgan fingerprint density at radius 3 is 2.47 bits per heavy atom. The molecule has 0 aliphatic carbocycles. The minimum atomic E-state index is -0.697. The number of carbonyl (C=O) groups excluding carboxylic acids is 3. The largest absolute Gasteiger partial charge is 0.486 e. The van der Waals surface area contributed by atoms with Gasteiger partial charge in [-0.15, -0.1) is 0 Å². The lowest BCUT2D eigenvalue weighted by atomic mass is 9.92. The number of hydrogen-bond donors (Lipinski definition) is 2. The first-order valence-corrected chi connectivity index (χ1v) is 10.8. The van der Waals surface area contributed by atoms with E-state index in [9.17, 15) is 14.4 Å². The Bertz CT molecular complexity index is 1040. The molecule has 4 rings (SSSR count). The molecular formula is C24H27N3O5. The van der Waals surface area contributed by atoms with Crippen LogP contribution in [0.1, 0.15) is 41.8 Å². The van der Waals surface area contributed by atoms with Crippen LogP contribution in [0.5, 0.6) is 11.5 Å². The fourth-order valence-corrected chi connectivity index (χ4v) is 3.94. The molecule has 2 aromatic rings. The van der Waals surface area contributed by atoms with Crippen LogP contribution in [-0.4, -0.2) is 41.9 Å². The number of rotatable bonds is 4. The predicted molar refractivity (Wildman–Crippen MR) is 117 cm³/mol. The minimum Gasteiger partial charge on any atom is -0.486 e. The molecule has 168 valence electrons. The van der Waals surface area contributed by atoms with Crippen LogP contribution >= 0.6 is 0 Å². The van der Waals surface area contributed by atoms with Gasteiger partial charge < -0.3 is 14.4 Å². The van der Waals surface area contributed by atoms with Gasteiger partial charge in [-0.25, -0.2) is 0 Å². The van der Waals surface area contributed by atoms with E-state index in [1.54, 1.807) is 23.1 Å². The van der Waals surface area contributed by atoms with E-state index in [2.05, 4.69) is 10.9 Å². The second-order valence-corrected chi connectivity index (χ2v) is 8.41. The zero-order chi connectivity index (χ0) is 22.7. The maximum absolute atomic E-state index is 13.0. The molecule has 2 aliphatic heterocycles. The molecule has 1 atom stereocenters. The van der Waals surface area contributed by atoms with Crippen molar-refractivity contribution in [2.24, 2.45) is 5.92 Å². The van der Waals surface area contributed by atoms with E-state index >= 15 is 0 Å². The fourth-order valence-electron chi connectivity index (χ4n) is 3.94. The van der Waals surface area contributed by atoms with Gasteiger partial charge in [0.2, 0.25) is 5.91 Å². The first kappa shape index (κ1) is 21.7. The lowest BCUT2D eigenvalue weighted by molar-refractivity contribution is -0.142. The molecule has 2 aliphatic rings. The van der Waals surface area contributed by atoms with Crippen molar-refractivity contribution >= 4 is 17.7 Å². The molecule has 0 aromatic heterocycles. The zero-order valence-electron chi connectivity index (χ0n) is 18.2. The zero-order valence-corrected chi connectivity index (χ0v) is 18.2. The number of hydrazine groups is 1. The van der Waals surface area contributed by atoms with Gasteiger partial charge in [0.05, 0.1) is 0 Å². The predicted octanol–water partition coefficient (Wildman–Crippen LogP) is 2.22. The molecule has 0 saturated carbocycles. The molecule has 32 heavy (non-hydrogen) atoms. The molecule has 0 saturated heterocycles.